The van der Waals surface area contributed by atoms with Gasteiger partial charge < -0.3 is 15.0 Å². The highest BCUT2D eigenvalue weighted by molar-refractivity contribution is 5.91. The van der Waals surface area contributed by atoms with E-state index in [-0.39, 0.29) is 16.9 Å². The van der Waals surface area contributed by atoms with Gasteiger partial charge in [0.05, 0.1) is 11.0 Å². The van der Waals surface area contributed by atoms with Crippen LogP contribution in [0.2, 0.25) is 0 Å². The number of piperidine rings is 1. The van der Waals surface area contributed by atoms with Crippen molar-refractivity contribution in [2.45, 2.75) is 56.0 Å². The minimum absolute atomic E-state index is 0.114. The number of hydrogen-bond donors (Lipinski definition) is 1. The van der Waals surface area contributed by atoms with E-state index in [9.17, 15) is 9.59 Å². The van der Waals surface area contributed by atoms with Crippen molar-refractivity contribution in [1.82, 2.24) is 10.2 Å². The van der Waals surface area contributed by atoms with E-state index >= 15 is 0 Å². The Bertz CT molecular complexity index is 691. The van der Waals surface area contributed by atoms with E-state index in [1.165, 1.54) is 0 Å². The Kier molecular flexibility index (Phi) is 4.97. The van der Waals surface area contributed by atoms with Gasteiger partial charge in [0.25, 0.3) is 0 Å². The molecule has 2 heterocycles. The van der Waals surface area contributed by atoms with E-state index in [1.54, 1.807) is 7.05 Å². The van der Waals surface area contributed by atoms with Gasteiger partial charge in [-0.05, 0) is 50.0 Å². The van der Waals surface area contributed by atoms with Crippen LogP contribution in [-0.4, -0.2) is 49.1 Å². The highest BCUT2D eigenvalue weighted by atomic mass is 16.5. The quantitative estimate of drug-likeness (QED) is 0.886. The molecule has 2 saturated heterocycles. The molecule has 3 fully saturated rings. The summed E-state index contributed by atoms with van der Waals surface area (Å²) >= 11 is 0. The zero-order valence-electron chi connectivity index (χ0n) is 16.2. The molecule has 1 spiro atoms. The summed E-state index contributed by atoms with van der Waals surface area (Å²) in [5, 5.41) is 2.73. The summed E-state index contributed by atoms with van der Waals surface area (Å²) in [5.74, 6) is 0.796. The van der Waals surface area contributed by atoms with Gasteiger partial charge in [0.2, 0.25) is 11.8 Å². The van der Waals surface area contributed by atoms with Gasteiger partial charge in [-0.15, -0.1) is 0 Å². The lowest BCUT2D eigenvalue weighted by atomic mass is 9.78. The van der Waals surface area contributed by atoms with Crippen molar-refractivity contribution in [3.05, 3.63) is 35.9 Å². The number of carbonyl (C=O) groups is 2. The van der Waals surface area contributed by atoms with Crippen molar-refractivity contribution in [2.75, 3.05) is 26.7 Å². The van der Waals surface area contributed by atoms with Crippen molar-refractivity contribution in [3.8, 4) is 0 Å². The Morgan fingerprint density at radius 2 is 1.85 bits per heavy atom. The molecule has 4 rings (SSSR count). The molecule has 2 amide bonds. The summed E-state index contributed by atoms with van der Waals surface area (Å²) in [6.45, 7) is 2.25. The zero-order valence-corrected chi connectivity index (χ0v) is 16.2. The molecule has 1 atom stereocenters. The summed E-state index contributed by atoms with van der Waals surface area (Å²) in [6, 6.07) is 10.2. The smallest absolute Gasteiger partial charge is 0.233 e. The lowest BCUT2D eigenvalue weighted by Gasteiger charge is -2.46. The maximum absolute atomic E-state index is 13.2. The molecule has 1 N–H and O–H groups in total. The molecular weight excluding hydrogens is 340 g/mol. The zero-order chi connectivity index (χ0) is 18.9. The normalized spacial score (nSPS) is 25.8. The third-order valence-electron chi connectivity index (χ3n) is 6.80. The molecule has 2 aliphatic heterocycles. The first kappa shape index (κ1) is 18.5. The van der Waals surface area contributed by atoms with Gasteiger partial charge in [0.1, 0.15) is 0 Å². The van der Waals surface area contributed by atoms with Crippen LogP contribution < -0.4 is 5.32 Å². The number of hydrogen-bond acceptors (Lipinski definition) is 3. The van der Waals surface area contributed by atoms with Crippen molar-refractivity contribution in [1.29, 1.82) is 0 Å². The highest BCUT2D eigenvalue weighted by Crippen LogP contribution is 2.50. The number of amides is 2. The van der Waals surface area contributed by atoms with Crippen LogP contribution >= 0.6 is 0 Å². The highest BCUT2D eigenvalue weighted by Gasteiger charge is 2.54. The first-order valence-electron chi connectivity index (χ1n) is 10.3. The van der Waals surface area contributed by atoms with Gasteiger partial charge in [-0.3, -0.25) is 9.59 Å². The number of likely N-dealkylation sites (tertiary alicyclic amines) is 1. The van der Waals surface area contributed by atoms with E-state index in [1.807, 2.05) is 18.2 Å². The summed E-state index contributed by atoms with van der Waals surface area (Å²) in [6.07, 6.45) is 6.16. The second-order valence-corrected chi connectivity index (χ2v) is 8.51. The fourth-order valence-electron chi connectivity index (χ4n) is 4.94. The van der Waals surface area contributed by atoms with Crippen molar-refractivity contribution in [2.24, 2.45) is 5.92 Å². The van der Waals surface area contributed by atoms with Gasteiger partial charge in [-0.1, -0.05) is 30.3 Å². The van der Waals surface area contributed by atoms with E-state index in [2.05, 4.69) is 22.3 Å². The van der Waals surface area contributed by atoms with Crippen molar-refractivity contribution >= 4 is 11.8 Å². The molecule has 0 bridgehead atoms. The van der Waals surface area contributed by atoms with Crippen LogP contribution in [0.4, 0.5) is 0 Å². The van der Waals surface area contributed by atoms with Gasteiger partial charge in [-0.2, -0.15) is 0 Å². The molecular formula is C22H30N2O3. The van der Waals surface area contributed by atoms with E-state index in [4.69, 9.17) is 4.74 Å². The van der Waals surface area contributed by atoms with Crippen LogP contribution in [0, 0.1) is 5.92 Å². The van der Waals surface area contributed by atoms with Crippen LogP contribution in [0.5, 0.6) is 0 Å². The van der Waals surface area contributed by atoms with E-state index in [0.717, 1.165) is 63.8 Å². The molecule has 1 unspecified atom stereocenters. The Morgan fingerprint density at radius 1 is 1.15 bits per heavy atom. The van der Waals surface area contributed by atoms with Crippen LogP contribution in [0.1, 0.15) is 50.5 Å². The largest absolute Gasteiger partial charge is 0.375 e. The van der Waals surface area contributed by atoms with Gasteiger partial charge in [0, 0.05) is 33.2 Å². The molecule has 3 aliphatic rings. The topological polar surface area (TPSA) is 58.6 Å². The third kappa shape index (κ3) is 3.62. The lowest BCUT2D eigenvalue weighted by Crippen LogP contribution is -2.52. The molecule has 0 radical (unpaired) electrons. The molecule has 1 aromatic carbocycles. The summed E-state index contributed by atoms with van der Waals surface area (Å²) < 4.78 is 6.20. The monoisotopic (exact) mass is 370 g/mol. The Balaban J connectivity index is 1.37. The molecule has 1 aliphatic carbocycles. The molecule has 5 nitrogen and oxygen atoms in total. The number of carbonyl (C=O) groups excluding carboxylic acids is 2. The summed E-state index contributed by atoms with van der Waals surface area (Å²) in [5.41, 5.74) is 0.743. The first-order valence-corrected chi connectivity index (χ1v) is 10.3. The van der Waals surface area contributed by atoms with E-state index < -0.39 is 0 Å². The summed E-state index contributed by atoms with van der Waals surface area (Å²) in [7, 11) is 1.70. The number of nitrogens with one attached hydrogen (secondary N) is 1. The number of nitrogens with zero attached hydrogens (tertiary/aromatic N) is 1. The molecule has 1 aromatic rings. The van der Waals surface area contributed by atoms with E-state index in [0.29, 0.717) is 18.2 Å². The maximum Gasteiger partial charge on any atom is 0.233 e. The van der Waals surface area contributed by atoms with Crippen molar-refractivity contribution < 1.29 is 14.3 Å². The third-order valence-corrected chi connectivity index (χ3v) is 6.80. The second-order valence-electron chi connectivity index (χ2n) is 8.51. The minimum Gasteiger partial charge on any atom is -0.375 e. The SMILES string of the molecule is CNC(=O)CC1CCOC2(CCN(C(=O)C3(c4ccccc4)CC3)CC2)C1. The second kappa shape index (κ2) is 7.27. The first-order chi connectivity index (χ1) is 13.1. The van der Waals surface area contributed by atoms with Gasteiger partial charge in [0.15, 0.2) is 0 Å². The molecule has 146 valence electrons. The van der Waals surface area contributed by atoms with Crippen LogP contribution in [-0.2, 0) is 19.7 Å². The summed E-state index contributed by atoms with van der Waals surface area (Å²) in [4.78, 5) is 27.0. The van der Waals surface area contributed by atoms with Gasteiger partial charge >= 0.3 is 0 Å². The molecule has 5 heteroatoms. The Labute approximate surface area is 161 Å². The van der Waals surface area contributed by atoms with Crippen LogP contribution in [0.15, 0.2) is 30.3 Å². The number of rotatable bonds is 4. The Morgan fingerprint density at radius 3 is 2.48 bits per heavy atom. The van der Waals surface area contributed by atoms with Gasteiger partial charge in [-0.25, -0.2) is 0 Å². The fourth-order valence-corrected chi connectivity index (χ4v) is 4.94. The molecule has 0 aromatic heterocycles. The molecule has 1 saturated carbocycles. The van der Waals surface area contributed by atoms with Crippen LogP contribution in [0.25, 0.3) is 0 Å². The minimum atomic E-state index is -0.277. The number of benzene rings is 1. The van der Waals surface area contributed by atoms with Crippen molar-refractivity contribution in [3.63, 3.8) is 0 Å². The fraction of sp³-hybridized carbons (Fsp3) is 0.636. The molecule has 27 heavy (non-hydrogen) atoms. The average molecular weight is 370 g/mol. The predicted octanol–water partition coefficient (Wildman–Crippen LogP) is 2.64. The lowest BCUT2D eigenvalue weighted by molar-refractivity contribution is -0.150. The standard InChI is InChI=1S/C22H30N2O3/c1-23-19(25)15-17-7-14-27-21(16-17)10-12-24(13-11-21)20(26)22(8-9-22)18-5-3-2-4-6-18/h2-6,17H,7-16H2,1H3,(H,23,25). The average Bonchev–Trinajstić information content (AvgIpc) is 3.51. The number of ether oxygens (including phenoxy) is 1. The predicted molar refractivity (Wildman–Crippen MR) is 103 cm³/mol. The maximum atomic E-state index is 13.2. The van der Waals surface area contributed by atoms with Crippen LogP contribution in [0.3, 0.4) is 0 Å². The Hall–Kier alpha value is -1.88.